The third-order valence-corrected chi connectivity index (χ3v) is 3.81. The number of carbonyl (C=O) groups is 1. The van der Waals surface area contributed by atoms with Crippen molar-refractivity contribution < 1.29 is 27.6 Å². The summed E-state index contributed by atoms with van der Waals surface area (Å²) < 4.78 is 33.8. The Bertz CT molecular complexity index is 978. The van der Waals surface area contributed by atoms with Crippen LogP contribution in [0.3, 0.4) is 0 Å². The van der Waals surface area contributed by atoms with Gasteiger partial charge in [0.25, 0.3) is 0 Å². The van der Waals surface area contributed by atoms with Crippen molar-refractivity contribution in [2.24, 2.45) is 0 Å². The zero-order valence-electron chi connectivity index (χ0n) is 13.4. The first kappa shape index (κ1) is 17.6. The van der Waals surface area contributed by atoms with E-state index in [4.69, 9.17) is 9.90 Å². The van der Waals surface area contributed by atoms with Gasteiger partial charge in [0.15, 0.2) is 12.8 Å². The van der Waals surface area contributed by atoms with Gasteiger partial charge in [-0.15, -0.1) is 0 Å². The molecule has 0 radical (unpaired) electrons. The minimum absolute atomic E-state index is 0.897. The number of aliphatic carboxylic acids is 1. The first-order chi connectivity index (χ1) is 12.4. The lowest BCUT2D eigenvalue weighted by molar-refractivity contribution is -0.448. The zero-order valence-corrected chi connectivity index (χ0v) is 13.4. The summed E-state index contributed by atoms with van der Waals surface area (Å²) in [5, 5.41) is 10.0. The number of carbonyl (C=O) groups excluding carboxylic acids is 1. The van der Waals surface area contributed by atoms with Crippen LogP contribution in [0.25, 0.3) is 10.9 Å². The summed E-state index contributed by atoms with van der Waals surface area (Å²) in [6.07, 6.45) is -1.10. The molecule has 2 heterocycles. The first-order valence-corrected chi connectivity index (χ1v) is 7.67. The standard InChI is InChI=1S/C17H13N2.C2HF3O2/c1-2-5-13(6-3-1)11-19-12-14-9-10-18-15-7-4-8-16(19)17(14)15;3-2(4,5)1(6)7/h1-10,12H,11H2;(H,6,7)/q+1;/p-1. The molecule has 4 rings (SSSR count). The normalized spacial score (nSPS) is 12.3. The summed E-state index contributed by atoms with van der Waals surface area (Å²) in [4.78, 5) is 13.2. The molecule has 0 unspecified atom stereocenters. The SMILES string of the molecule is C1=[N+](Cc2ccccc2)c2cccc3nccc1c23.O=C([O-])C(F)(F)F. The number of benzene rings is 2. The van der Waals surface area contributed by atoms with Gasteiger partial charge in [0, 0.05) is 17.8 Å². The molecule has 0 fully saturated rings. The highest BCUT2D eigenvalue weighted by Crippen LogP contribution is 2.32. The Morgan fingerprint density at radius 3 is 2.38 bits per heavy atom. The van der Waals surface area contributed by atoms with Crippen molar-refractivity contribution in [3.8, 4) is 0 Å². The van der Waals surface area contributed by atoms with Crippen molar-refractivity contribution in [3.05, 3.63) is 71.9 Å². The van der Waals surface area contributed by atoms with Gasteiger partial charge in [0.2, 0.25) is 5.69 Å². The Labute approximate surface area is 146 Å². The van der Waals surface area contributed by atoms with Crippen LogP contribution in [0.5, 0.6) is 0 Å². The Morgan fingerprint density at radius 2 is 1.73 bits per heavy atom. The molecule has 1 aliphatic heterocycles. The monoisotopic (exact) mass is 358 g/mol. The average Bonchev–Trinajstić information content (AvgIpc) is 2.96. The van der Waals surface area contributed by atoms with Crippen LogP contribution in [-0.2, 0) is 11.3 Å². The van der Waals surface area contributed by atoms with Crippen LogP contribution in [0.15, 0.2) is 60.8 Å². The van der Waals surface area contributed by atoms with E-state index in [1.165, 1.54) is 22.2 Å². The number of alkyl halides is 3. The number of rotatable bonds is 2. The van der Waals surface area contributed by atoms with E-state index in [1.807, 2.05) is 6.20 Å². The maximum absolute atomic E-state index is 10.5. The summed E-state index contributed by atoms with van der Waals surface area (Å²) in [5.41, 5.74) is 4.90. The Balaban J connectivity index is 0.000000242. The molecule has 7 heteroatoms. The molecule has 0 atom stereocenters. The van der Waals surface area contributed by atoms with Crippen molar-refractivity contribution in [2.45, 2.75) is 12.7 Å². The van der Waals surface area contributed by atoms with Gasteiger partial charge in [-0.1, -0.05) is 36.4 Å². The quantitative estimate of drug-likeness (QED) is 0.662. The molecule has 0 aliphatic carbocycles. The van der Waals surface area contributed by atoms with E-state index in [2.05, 4.69) is 70.4 Å². The molecule has 0 bridgehead atoms. The van der Waals surface area contributed by atoms with Crippen molar-refractivity contribution in [2.75, 3.05) is 0 Å². The highest BCUT2D eigenvalue weighted by atomic mass is 19.4. The number of aromatic nitrogens is 1. The maximum atomic E-state index is 10.5. The lowest BCUT2D eigenvalue weighted by atomic mass is 10.1. The Hall–Kier alpha value is -3.22. The Morgan fingerprint density at radius 1 is 1.04 bits per heavy atom. The summed E-state index contributed by atoms with van der Waals surface area (Å²) >= 11 is 0. The van der Waals surface area contributed by atoms with Crippen molar-refractivity contribution in [3.63, 3.8) is 0 Å². The van der Waals surface area contributed by atoms with Crippen molar-refractivity contribution in [1.29, 1.82) is 0 Å². The van der Waals surface area contributed by atoms with Gasteiger partial charge in [-0.3, -0.25) is 4.98 Å². The second-order valence-corrected chi connectivity index (χ2v) is 5.60. The molecule has 0 saturated carbocycles. The number of carboxylic acid groups (broad SMARTS) is 1. The van der Waals surface area contributed by atoms with Crippen LogP contribution in [0.4, 0.5) is 18.9 Å². The second kappa shape index (κ2) is 6.95. The predicted octanol–water partition coefficient (Wildman–Crippen LogP) is 2.81. The van der Waals surface area contributed by atoms with Gasteiger partial charge in [-0.05, 0) is 12.1 Å². The van der Waals surface area contributed by atoms with Gasteiger partial charge in [-0.2, -0.15) is 17.7 Å². The smallest absolute Gasteiger partial charge is 0.430 e. The topological polar surface area (TPSA) is 56.0 Å². The van der Waals surface area contributed by atoms with E-state index in [-0.39, 0.29) is 0 Å². The lowest BCUT2D eigenvalue weighted by Gasteiger charge is -2.03. The first-order valence-electron chi connectivity index (χ1n) is 7.67. The molecule has 0 spiro atoms. The van der Waals surface area contributed by atoms with Crippen molar-refractivity contribution >= 4 is 28.8 Å². The molecule has 3 aromatic rings. The van der Waals surface area contributed by atoms with E-state index < -0.39 is 12.1 Å². The summed E-state index contributed by atoms with van der Waals surface area (Å²) in [7, 11) is 0. The van der Waals surface area contributed by atoms with E-state index in [0.717, 1.165) is 12.1 Å². The maximum Gasteiger partial charge on any atom is 0.430 e. The zero-order chi connectivity index (χ0) is 18.7. The molecule has 26 heavy (non-hydrogen) atoms. The highest BCUT2D eigenvalue weighted by molar-refractivity contribution is 6.05. The van der Waals surface area contributed by atoms with Gasteiger partial charge >= 0.3 is 6.18 Å². The molecule has 132 valence electrons. The van der Waals surface area contributed by atoms with E-state index in [9.17, 15) is 13.2 Å². The van der Waals surface area contributed by atoms with Crippen LogP contribution in [0, 0.1) is 0 Å². The third kappa shape index (κ3) is 3.72. The van der Waals surface area contributed by atoms with Crippen LogP contribution in [0.1, 0.15) is 11.1 Å². The van der Waals surface area contributed by atoms with Crippen molar-refractivity contribution in [1.82, 2.24) is 4.98 Å². The molecule has 4 nitrogen and oxygen atoms in total. The molecule has 1 aliphatic rings. The van der Waals surface area contributed by atoms with Crippen LogP contribution in [0.2, 0.25) is 0 Å². The molecule has 2 aromatic carbocycles. The lowest BCUT2D eigenvalue weighted by Crippen LogP contribution is -2.37. The molecular formula is C19H13F3N2O2. The van der Waals surface area contributed by atoms with Gasteiger partial charge < -0.3 is 9.90 Å². The minimum Gasteiger partial charge on any atom is -0.542 e. The fourth-order valence-electron chi connectivity index (χ4n) is 2.71. The number of carboxylic acids is 1. The largest absolute Gasteiger partial charge is 0.542 e. The number of halogens is 3. The van der Waals surface area contributed by atoms with E-state index >= 15 is 0 Å². The molecule has 0 N–H and O–H groups in total. The summed E-state index contributed by atoms with van der Waals surface area (Å²) in [6, 6.07) is 18.9. The second-order valence-electron chi connectivity index (χ2n) is 5.60. The number of pyridine rings is 1. The number of hydrogen-bond donors (Lipinski definition) is 0. The van der Waals surface area contributed by atoms with E-state index in [0.29, 0.717) is 0 Å². The third-order valence-electron chi connectivity index (χ3n) is 3.81. The number of hydrogen-bond acceptors (Lipinski definition) is 3. The summed E-state index contributed by atoms with van der Waals surface area (Å²) in [5.74, 6) is -3.01. The molecule has 1 aromatic heterocycles. The fourth-order valence-corrected chi connectivity index (χ4v) is 2.71. The van der Waals surface area contributed by atoms with Gasteiger partial charge in [0.1, 0.15) is 5.97 Å². The molecule has 0 amide bonds. The van der Waals surface area contributed by atoms with Crippen LogP contribution in [-0.4, -0.2) is 27.9 Å². The highest BCUT2D eigenvalue weighted by Gasteiger charge is 2.28. The van der Waals surface area contributed by atoms with Crippen LogP contribution < -0.4 is 5.11 Å². The minimum atomic E-state index is -5.19. The van der Waals surface area contributed by atoms with Gasteiger partial charge in [0.05, 0.1) is 16.5 Å². The van der Waals surface area contributed by atoms with Gasteiger partial charge in [-0.25, -0.2) is 0 Å². The van der Waals surface area contributed by atoms with E-state index in [1.54, 1.807) is 0 Å². The summed E-state index contributed by atoms with van der Waals surface area (Å²) in [6.45, 7) is 0.897. The fraction of sp³-hybridized carbons (Fsp3) is 0.105. The predicted molar refractivity (Wildman–Crippen MR) is 88.0 cm³/mol. The average molecular weight is 358 g/mol. The molecule has 0 saturated heterocycles. The number of nitrogens with zero attached hydrogens (tertiary/aromatic N) is 2. The molecular weight excluding hydrogens is 345 g/mol. The van der Waals surface area contributed by atoms with Crippen LogP contribution >= 0.6 is 0 Å². The Kier molecular flexibility index (Phi) is 4.71.